The van der Waals surface area contributed by atoms with Crippen LogP contribution in [0.25, 0.3) is 28.3 Å². The molecule has 2 heterocycles. The second-order valence-corrected chi connectivity index (χ2v) is 10.6. The van der Waals surface area contributed by atoms with Crippen LogP contribution in [0, 0.1) is 25.5 Å². The molecule has 0 spiro atoms. The molecule has 0 aliphatic heterocycles. The van der Waals surface area contributed by atoms with E-state index in [-0.39, 0.29) is 47.5 Å². The Kier molecular flexibility index (Phi) is 8.75. The van der Waals surface area contributed by atoms with Gasteiger partial charge in [-0.25, -0.2) is 13.8 Å². The molecule has 0 bridgehead atoms. The van der Waals surface area contributed by atoms with Crippen molar-refractivity contribution < 1.29 is 37.1 Å². The molecule has 0 saturated carbocycles. The first-order valence-electron chi connectivity index (χ1n) is 13.3. The van der Waals surface area contributed by atoms with Gasteiger partial charge in [-0.05, 0) is 69.2 Å². The van der Waals surface area contributed by atoms with Gasteiger partial charge in [0.05, 0.1) is 11.3 Å². The van der Waals surface area contributed by atoms with Gasteiger partial charge in [0.2, 0.25) is 5.89 Å². The zero-order valence-corrected chi connectivity index (χ0v) is 24.5. The molecule has 0 aliphatic rings. The molecule has 0 N–H and O–H groups in total. The van der Waals surface area contributed by atoms with Gasteiger partial charge in [0.15, 0.2) is 11.5 Å². The summed E-state index contributed by atoms with van der Waals surface area (Å²) in [5, 5.41) is 0. The van der Waals surface area contributed by atoms with Gasteiger partial charge in [0, 0.05) is 43.3 Å². The molecule has 0 fully saturated rings. The van der Waals surface area contributed by atoms with Crippen molar-refractivity contribution in [2.45, 2.75) is 47.0 Å². The molecule has 4 aromatic rings. The zero-order chi connectivity index (χ0) is 31.6. The fraction of sp³-hybridized carbons (Fsp3) is 0.281. The lowest BCUT2D eigenvalue weighted by Crippen LogP contribution is -2.35. The molecule has 2 aromatic heterocycles. The van der Waals surface area contributed by atoms with Crippen molar-refractivity contribution in [1.82, 2.24) is 9.55 Å². The van der Waals surface area contributed by atoms with E-state index in [0.717, 1.165) is 6.07 Å². The second kappa shape index (κ2) is 12.1. The van der Waals surface area contributed by atoms with Crippen LogP contribution in [-0.2, 0) is 24.5 Å². The summed E-state index contributed by atoms with van der Waals surface area (Å²) in [5.41, 5.74) is 1.03. The number of aryl methyl sites for hydroxylation is 2. The minimum atomic E-state index is -1.30. The minimum absolute atomic E-state index is 0.0559. The number of nitrogens with zero attached hydrogens (tertiary/aromatic N) is 2. The van der Waals surface area contributed by atoms with Crippen LogP contribution in [-0.4, -0.2) is 40.5 Å². The summed E-state index contributed by atoms with van der Waals surface area (Å²) in [4.78, 5) is 53.0. The summed E-state index contributed by atoms with van der Waals surface area (Å²) < 4.78 is 46.9. The van der Waals surface area contributed by atoms with E-state index >= 15 is 4.39 Å². The molecule has 0 amide bonds. The summed E-state index contributed by atoms with van der Waals surface area (Å²) in [6.45, 7) is 8.43. The normalized spacial score (nSPS) is 11.3. The van der Waals surface area contributed by atoms with Gasteiger partial charge < -0.3 is 13.9 Å². The number of carbonyl (C=O) groups excluding carboxylic acids is 3. The van der Waals surface area contributed by atoms with Crippen LogP contribution in [0.2, 0.25) is 0 Å². The van der Waals surface area contributed by atoms with Gasteiger partial charge in [-0.15, -0.1) is 0 Å². The maximum Gasteiger partial charge on any atom is 0.302 e. The van der Waals surface area contributed by atoms with Crippen LogP contribution in [0.15, 0.2) is 57.9 Å². The molecule has 11 heteroatoms. The van der Waals surface area contributed by atoms with Gasteiger partial charge in [-0.2, -0.15) is 0 Å². The molecule has 0 unspecified atom stereocenters. The summed E-state index contributed by atoms with van der Waals surface area (Å²) in [7, 11) is 0. The highest BCUT2D eigenvalue weighted by atomic mass is 19.1. The molecule has 0 radical (unpaired) electrons. The van der Waals surface area contributed by atoms with Crippen molar-refractivity contribution in [3.05, 3.63) is 93.2 Å². The predicted molar refractivity (Wildman–Crippen MR) is 153 cm³/mol. The molecule has 0 atom stereocenters. The van der Waals surface area contributed by atoms with Crippen molar-refractivity contribution in [3.8, 4) is 28.3 Å². The minimum Gasteiger partial charge on any atom is -0.465 e. The van der Waals surface area contributed by atoms with E-state index in [2.05, 4.69) is 4.98 Å². The predicted octanol–water partition coefficient (Wildman–Crippen LogP) is 5.64. The van der Waals surface area contributed by atoms with Crippen molar-refractivity contribution in [2.24, 2.45) is 0 Å². The maximum absolute atomic E-state index is 15.1. The quantitative estimate of drug-likeness (QED) is 0.181. The third-order valence-electron chi connectivity index (χ3n) is 6.83. The van der Waals surface area contributed by atoms with Crippen LogP contribution in [0.3, 0.4) is 0 Å². The van der Waals surface area contributed by atoms with E-state index in [1.165, 1.54) is 49.7 Å². The Hall–Kier alpha value is -4.93. The lowest BCUT2D eigenvalue weighted by molar-refractivity contribution is -0.147. The highest BCUT2D eigenvalue weighted by Gasteiger charge is 2.37. The Morgan fingerprint density at radius 3 is 2.07 bits per heavy atom. The number of ether oxygens (including phenoxy) is 2. The summed E-state index contributed by atoms with van der Waals surface area (Å²) in [6.07, 6.45) is 1.51. The largest absolute Gasteiger partial charge is 0.465 e. The number of Topliss-reactive ketones (excluding diaryl/α,β-unsaturated/α-hetero) is 1. The van der Waals surface area contributed by atoms with Crippen molar-refractivity contribution >= 4 is 17.7 Å². The number of hydrogen-bond donors (Lipinski definition) is 0. The Labute approximate surface area is 246 Å². The van der Waals surface area contributed by atoms with E-state index in [0.29, 0.717) is 34.0 Å². The highest BCUT2D eigenvalue weighted by molar-refractivity contribution is 5.95. The van der Waals surface area contributed by atoms with Crippen LogP contribution < -0.4 is 5.56 Å². The van der Waals surface area contributed by atoms with Crippen molar-refractivity contribution in [1.29, 1.82) is 0 Å². The van der Waals surface area contributed by atoms with Crippen LogP contribution in [0.1, 0.15) is 55.1 Å². The van der Waals surface area contributed by atoms with Gasteiger partial charge in [-0.1, -0.05) is 0 Å². The number of ketones is 1. The number of rotatable bonds is 9. The van der Waals surface area contributed by atoms with E-state index < -0.39 is 29.0 Å². The lowest BCUT2D eigenvalue weighted by Gasteiger charge is -2.24. The number of esters is 2. The standard InChI is InChI=1S/C32H30F2N2O7/c1-17-11-23(19(3)37)12-18(2)29(17)36-14-22(7-10-27(36)40)28-30(25-9-8-24(33)13-26(25)34)43-31(35-28)32(6,15-41-20(4)38)16-42-21(5)39/h7-14H,15-16H2,1-6H3. The molecule has 4 rings (SSSR count). The zero-order valence-electron chi connectivity index (χ0n) is 24.5. The molecular weight excluding hydrogens is 562 g/mol. The third kappa shape index (κ3) is 6.61. The first-order chi connectivity index (χ1) is 20.2. The number of pyridine rings is 1. The Balaban J connectivity index is 1.96. The van der Waals surface area contributed by atoms with Gasteiger partial charge in [0.25, 0.3) is 5.56 Å². The van der Waals surface area contributed by atoms with Crippen LogP contribution in [0.4, 0.5) is 8.78 Å². The molecular formula is C32H30F2N2O7. The molecule has 43 heavy (non-hydrogen) atoms. The maximum atomic E-state index is 15.1. The second-order valence-electron chi connectivity index (χ2n) is 10.6. The third-order valence-corrected chi connectivity index (χ3v) is 6.83. The molecule has 0 saturated heterocycles. The lowest BCUT2D eigenvalue weighted by atomic mass is 9.92. The summed E-state index contributed by atoms with van der Waals surface area (Å²) in [5.74, 6) is -3.19. The van der Waals surface area contributed by atoms with E-state index in [1.54, 1.807) is 32.9 Å². The number of carbonyl (C=O) groups is 3. The smallest absolute Gasteiger partial charge is 0.302 e. The molecule has 0 aliphatic carbocycles. The first-order valence-corrected chi connectivity index (χ1v) is 13.3. The average molecular weight is 593 g/mol. The topological polar surface area (TPSA) is 118 Å². The van der Waals surface area contributed by atoms with Gasteiger partial charge in [0.1, 0.15) is 36.0 Å². The Morgan fingerprint density at radius 1 is 0.930 bits per heavy atom. The van der Waals surface area contributed by atoms with E-state index in [9.17, 15) is 23.6 Å². The Morgan fingerprint density at radius 2 is 1.53 bits per heavy atom. The van der Waals surface area contributed by atoms with Crippen molar-refractivity contribution in [2.75, 3.05) is 13.2 Å². The van der Waals surface area contributed by atoms with Crippen molar-refractivity contribution in [3.63, 3.8) is 0 Å². The summed E-state index contributed by atoms with van der Waals surface area (Å²) >= 11 is 0. The fourth-order valence-corrected chi connectivity index (χ4v) is 4.66. The van der Waals surface area contributed by atoms with Gasteiger partial charge >= 0.3 is 11.9 Å². The molecule has 2 aromatic carbocycles. The number of aromatic nitrogens is 2. The van der Waals surface area contributed by atoms with Crippen LogP contribution in [0.5, 0.6) is 0 Å². The average Bonchev–Trinajstić information content (AvgIpc) is 3.37. The van der Waals surface area contributed by atoms with E-state index in [4.69, 9.17) is 13.9 Å². The highest BCUT2D eigenvalue weighted by Crippen LogP contribution is 2.38. The number of hydrogen-bond acceptors (Lipinski definition) is 8. The first kappa shape index (κ1) is 31.0. The Bertz CT molecular complexity index is 1760. The molecule has 9 nitrogen and oxygen atoms in total. The number of oxazole rings is 1. The summed E-state index contributed by atoms with van der Waals surface area (Å²) in [6, 6.07) is 9.12. The molecule has 224 valence electrons. The van der Waals surface area contributed by atoms with Gasteiger partial charge in [-0.3, -0.25) is 23.7 Å². The number of halogens is 2. The monoisotopic (exact) mass is 592 g/mol. The van der Waals surface area contributed by atoms with E-state index in [1.807, 2.05) is 0 Å². The fourth-order valence-electron chi connectivity index (χ4n) is 4.66. The SMILES string of the molecule is CC(=O)OCC(C)(COC(C)=O)c1nc(-c2ccc(=O)n(-c3c(C)cc(C(C)=O)cc3C)c2)c(-c2ccc(F)cc2F)o1. The van der Waals surface area contributed by atoms with Crippen LogP contribution >= 0.6 is 0 Å². The number of benzene rings is 2.